The van der Waals surface area contributed by atoms with E-state index in [4.69, 9.17) is 0 Å². The van der Waals surface area contributed by atoms with Crippen molar-refractivity contribution in [2.75, 3.05) is 24.4 Å². The highest BCUT2D eigenvalue weighted by Gasteiger charge is 2.04. The zero-order valence-corrected chi connectivity index (χ0v) is 10.8. The maximum Gasteiger partial charge on any atom is 0.274 e. The third kappa shape index (κ3) is 2.44. The van der Waals surface area contributed by atoms with Crippen LogP contribution in [0.2, 0.25) is 0 Å². The summed E-state index contributed by atoms with van der Waals surface area (Å²) in [6.45, 7) is 0.656. The second-order valence-corrected chi connectivity index (χ2v) is 4.70. The predicted molar refractivity (Wildman–Crippen MR) is 73.9 cm³/mol. The number of aromatic nitrogens is 2. The van der Waals surface area contributed by atoms with E-state index in [1.54, 1.807) is 18.0 Å². The van der Waals surface area contributed by atoms with Crippen LogP contribution in [0.25, 0.3) is 10.8 Å². The fourth-order valence-corrected chi connectivity index (χ4v) is 2.04. The van der Waals surface area contributed by atoms with Gasteiger partial charge in [-0.15, -0.1) is 0 Å². The molecule has 2 aromatic rings. The van der Waals surface area contributed by atoms with Crippen molar-refractivity contribution in [2.24, 2.45) is 0 Å². The molecule has 0 bridgehead atoms. The first-order valence-corrected chi connectivity index (χ1v) is 6.82. The highest BCUT2D eigenvalue weighted by Crippen LogP contribution is 2.14. The molecule has 0 unspecified atom stereocenters. The van der Waals surface area contributed by atoms with Crippen LogP contribution in [0.4, 0.5) is 5.69 Å². The number of nitrogens with one attached hydrogen (secondary N) is 1. The summed E-state index contributed by atoms with van der Waals surface area (Å²) in [5.41, 5.74) is 0.972. The van der Waals surface area contributed by atoms with Crippen LogP contribution < -0.4 is 10.9 Å². The molecule has 1 aromatic carbocycles. The summed E-state index contributed by atoms with van der Waals surface area (Å²) < 4.78 is 1.53. The Hall–Kier alpha value is -1.49. The molecule has 1 aromatic heterocycles. The van der Waals surface area contributed by atoms with E-state index in [9.17, 15) is 4.79 Å². The van der Waals surface area contributed by atoms with Crippen LogP contribution in [0.5, 0.6) is 0 Å². The van der Waals surface area contributed by atoms with Gasteiger partial charge in [0.2, 0.25) is 0 Å². The SMILES string of the molecule is CNc1ccc2c(=O)n(CCSC)ncc2c1. The number of hydrogen-bond acceptors (Lipinski definition) is 4. The Morgan fingerprint density at radius 2 is 2.29 bits per heavy atom. The number of nitrogens with zero attached hydrogens (tertiary/aromatic N) is 2. The van der Waals surface area contributed by atoms with Gasteiger partial charge in [-0.3, -0.25) is 4.79 Å². The van der Waals surface area contributed by atoms with Crippen molar-refractivity contribution in [2.45, 2.75) is 6.54 Å². The first kappa shape index (κ1) is 12.0. The molecular formula is C12H15N3OS. The van der Waals surface area contributed by atoms with Crippen molar-refractivity contribution in [1.82, 2.24) is 9.78 Å². The maximum absolute atomic E-state index is 12.1. The molecule has 0 spiro atoms. The van der Waals surface area contributed by atoms with Crippen LogP contribution in [-0.2, 0) is 6.54 Å². The van der Waals surface area contributed by atoms with Gasteiger partial charge < -0.3 is 5.32 Å². The molecule has 4 nitrogen and oxygen atoms in total. The largest absolute Gasteiger partial charge is 0.388 e. The number of fused-ring (bicyclic) bond motifs is 1. The van der Waals surface area contributed by atoms with Gasteiger partial charge in [-0.1, -0.05) is 0 Å². The topological polar surface area (TPSA) is 46.9 Å². The summed E-state index contributed by atoms with van der Waals surface area (Å²) in [6.07, 6.45) is 3.77. The van der Waals surface area contributed by atoms with Crippen molar-refractivity contribution in [3.63, 3.8) is 0 Å². The number of anilines is 1. The third-order valence-corrected chi connectivity index (χ3v) is 3.24. The Morgan fingerprint density at radius 1 is 1.47 bits per heavy atom. The van der Waals surface area contributed by atoms with Crippen LogP contribution in [-0.4, -0.2) is 28.8 Å². The number of benzene rings is 1. The van der Waals surface area contributed by atoms with E-state index in [-0.39, 0.29) is 5.56 Å². The van der Waals surface area contributed by atoms with Gasteiger partial charge in [0.1, 0.15) is 0 Å². The Bertz CT molecular complexity index is 579. The molecule has 0 atom stereocenters. The van der Waals surface area contributed by atoms with Crippen molar-refractivity contribution >= 4 is 28.2 Å². The van der Waals surface area contributed by atoms with E-state index in [1.165, 1.54) is 4.68 Å². The van der Waals surface area contributed by atoms with Gasteiger partial charge in [0, 0.05) is 23.9 Å². The molecule has 0 aliphatic carbocycles. The summed E-state index contributed by atoms with van der Waals surface area (Å²) in [5.74, 6) is 0.896. The first-order chi connectivity index (χ1) is 8.26. The fourth-order valence-electron chi connectivity index (χ4n) is 1.68. The lowest BCUT2D eigenvalue weighted by molar-refractivity contribution is 0.629. The van der Waals surface area contributed by atoms with Crippen LogP contribution in [0.3, 0.4) is 0 Å². The molecule has 0 aliphatic rings. The molecule has 0 saturated carbocycles. The van der Waals surface area contributed by atoms with Gasteiger partial charge in [-0.05, 0) is 24.5 Å². The van der Waals surface area contributed by atoms with Gasteiger partial charge in [0.25, 0.3) is 5.56 Å². The van der Waals surface area contributed by atoms with E-state index >= 15 is 0 Å². The monoisotopic (exact) mass is 249 g/mol. The summed E-state index contributed by atoms with van der Waals surface area (Å²) in [6, 6.07) is 5.69. The molecule has 1 N–H and O–H groups in total. The molecule has 0 radical (unpaired) electrons. The smallest absolute Gasteiger partial charge is 0.274 e. The highest BCUT2D eigenvalue weighted by atomic mass is 32.2. The van der Waals surface area contributed by atoms with E-state index in [0.717, 1.165) is 22.2 Å². The van der Waals surface area contributed by atoms with Crippen molar-refractivity contribution in [1.29, 1.82) is 0 Å². The summed E-state index contributed by atoms with van der Waals surface area (Å²) in [7, 11) is 1.86. The summed E-state index contributed by atoms with van der Waals surface area (Å²) in [5, 5.41) is 8.83. The minimum Gasteiger partial charge on any atom is -0.388 e. The van der Waals surface area contributed by atoms with Crippen molar-refractivity contribution < 1.29 is 0 Å². The Balaban J connectivity index is 2.49. The second kappa shape index (κ2) is 5.23. The standard InChI is InChI=1S/C12H15N3OS/c1-13-10-3-4-11-9(7-10)8-14-15(12(11)16)5-6-17-2/h3-4,7-8,13H,5-6H2,1-2H3. The van der Waals surface area contributed by atoms with Crippen LogP contribution in [0.1, 0.15) is 0 Å². The van der Waals surface area contributed by atoms with E-state index in [1.807, 2.05) is 31.5 Å². The molecule has 90 valence electrons. The molecule has 2 rings (SSSR count). The Labute approximate surface area is 104 Å². The fraction of sp³-hybridized carbons (Fsp3) is 0.333. The highest BCUT2D eigenvalue weighted by molar-refractivity contribution is 7.98. The van der Waals surface area contributed by atoms with Crippen molar-refractivity contribution in [3.8, 4) is 0 Å². The summed E-state index contributed by atoms with van der Waals surface area (Å²) in [4.78, 5) is 12.1. The van der Waals surface area contributed by atoms with Crippen LogP contribution in [0, 0.1) is 0 Å². The van der Waals surface area contributed by atoms with Gasteiger partial charge in [0.15, 0.2) is 0 Å². The lowest BCUT2D eigenvalue weighted by Gasteiger charge is -2.06. The zero-order valence-electron chi connectivity index (χ0n) is 9.93. The normalized spacial score (nSPS) is 10.7. The first-order valence-electron chi connectivity index (χ1n) is 5.43. The number of rotatable bonds is 4. The van der Waals surface area contributed by atoms with E-state index in [0.29, 0.717) is 6.54 Å². The lowest BCUT2D eigenvalue weighted by Crippen LogP contribution is -2.23. The van der Waals surface area contributed by atoms with Gasteiger partial charge in [-0.2, -0.15) is 16.9 Å². The molecule has 0 aliphatic heterocycles. The number of hydrogen-bond donors (Lipinski definition) is 1. The molecule has 17 heavy (non-hydrogen) atoms. The quantitative estimate of drug-likeness (QED) is 0.897. The number of thioether (sulfide) groups is 1. The lowest BCUT2D eigenvalue weighted by atomic mass is 10.2. The van der Waals surface area contributed by atoms with E-state index < -0.39 is 0 Å². The minimum absolute atomic E-state index is 0.0146. The van der Waals surface area contributed by atoms with Gasteiger partial charge in [-0.25, -0.2) is 4.68 Å². The molecule has 0 amide bonds. The Kier molecular flexibility index (Phi) is 3.68. The molecule has 5 heteroatoms. The molecular weight excluding hydrogens is 234 g/mol. The molecule has 0 saturated heterocycles. The average Bonchev–Trinajstić information content (AvgIpc) is 2.37. The molecule has 1 heterocycles. The Morgan fingerprint density at radius 3 is 3.00 bits per heavy atom. The van der Waals surface area contributed by atoms with Crippen molar-refractivity contribution in [3.05, 3.63) is 34.7 Å². The number of aryl methyl sites for hydroxylation is 1. The predicted octanol–water partition coefficient (Wildman–Crippen LogP) is 1.80. The van der Waals surface area contributed by atoms with Crippen LogP contribution in [0.15, 0.2) is 29.2 Å². The third-order valence-electron chi connectivity index (χ3n) is 2.65. The zero-order chi connectivity index (χ0) is 12.3. The molecule has 0 fully saturated rings. The average molecular weight is 249 g/mol. The summed E-state index contributed by atoms with van der Waals surface area (Å²) >= 11 is 1.71. The van der Waals surface area contributed by atoms with E-state index in [2.05, 4.69) is 10.4 Å². The van der Waals surface area contributed by atoms with Gasteiger partial charge >= 0.3 is 0 Å². The second-order valence-electron chi connectivity index (χ2n) is 3.72. The van der Waals surface area contributed by atoms with Gasteiger partial charge in [0.05, 0.1) is 18.1 Å². The minimum atomic E-state index is -0.0146. The van der Waals surface area contributed by atoms with Crippen LogP contribution >= 0.6 is 11.8 Å². The maximum atomic E-state index is 12.1.